The molecule has 0 saturated carbocycles. The van der Waals surface area contributed by atoms with Crippen LogP contribution in [0.3, 0.4) is 0 Å². The predicted molar refractivity (Wildman–Crippen MR) is 102 cm³/mol. The van der Waals surface area contributed by atoms with E-state index in [-0.39, 0.29) is 34.5 Å². The summed E-state index contributed by atoms with van der Waals surface area (Å²) < 4.78 is 18.8. The van der Waals surface area contributed by atoms with E-state index < -0.39 is 17.6 Å². The third-order valence-corrected chi connectivity index (χ3v) is 3.94. The van der Waals surface area contributed by atoms with Gasteiger partial charge in [0.1, 0.15) is 11.6 Å². The first kappa shape index (κ1) is 21.0. The van der Waals surface area contributed by atoms with Gasteiger partial charge in [-0.3, -0.25) is 9.59 Å². The van der Waals surface area contributed by atoms with Crippen LogP contribution in [-0.2, 0) is 9.59 Å². The van der Waals surface area contributed by atoms with Crippen molar-refractivity contribution in [3.63, 3.8) is 0 Å². The molecular formula is C17H13Cl3FN3O3. The molecule has 10 heteroatoms. The maximum Gasteiger partial charge on any atom is 0.259 e. The highest BCUT2D eigenvalue weighted by atomic mass is 35.5. The van der Waals surface area contributed by atoms with E-state index in [1.165, 1.54) is 30.3 Å². The van der Waals surface area contributed by atoms with E-state index >= 15 is 0 Å². The molecule has 0 atom stereocenters. The fourth-order valence-electron chi connectivity index (χ4n) is 1.81. The maximum atomic E-state index is 13.5. The molecule has 0 unspecified atom stereocenters. The van der Waals surface area contributed by atoms with Gasteiger partial charge in [0.2, 0.25) is 0 Å². The lowest BCUT2D eigenvalue weighted by Gasteiger charge is -2.08. The molecule has 2 aromatic carbocycles. The van der Waals surface area contributed by atoms with Crippen molar-refractivity contribution >= 4 is 52.8 Å². The molecule has 0 saturated heterocycles. The van der Waals surface area contributed by atoms with E-state index in [2.05, 4.69) is 15.8 Å². The summed E-state index contributed by atoms with van der Waals surface area (Å²) in [7, 11) is 0. The lowest BCUT2D eigenvalue weighted by atomic mass is 10.2. The quantitative estimate of drug-likeness (QED) is 0.520. The molecule has 0 aliphatic rings. The lowest BCUT2D eigenvalue weighted by Crippen LogP contribution is -2.37. The lowest BCUT2D eigenvalue weighted by molar-refractivity contribution is -0.127. The SMILES string of the molecule is O=C(COc1ccc(Cl)cc1Cl)NCC(=O)N/N=C/c1c(F)cccc1Cl. The minimum atomic E-state index is -0.614. The zero-order chi connectivity index (χ0) is 19.8. The second-order valence-electron chi connectivity index (χ2n) is 5.07. The van der Waals surface area contributed by atoms with Crippen LogP contribution in [0.25, 0.3) is 0 Å². The van der Waals surface area contributed by atoms with Crippen LogP contribution in [0.2, 0.25) is 15.1 Å². The number of benzene rings is 2. The second-order valence-corrected chi connectivity index (χ2v) is 6.32. The third-order valence-electron chi connectivity index (χ3n) is 3.08. The highest BCUT2D eigenvalue weighted by Gasteiger charge is 2.08. The van der Waals surface area contributed by atoms with Gasteiger partial charge in [0.05, 0.1) is 22.8 Å². The zero-order valence-electron chi connectivity index (χ0n) is 13.6. The average molecular weight is 433 g/mol. The van der Waals surface area contributed by atoms with Gasteiger partial charge in [-0.15, -0.1) is 0 Å². The highest BCUT2D eigenvalue weighted by Crippen LogP contribution is 2.27. The number of carbonyl (C=O) groups is 2. The van der Waals surface area contributed by atoms with Crippen LogP contribution in [0, 0.1) is 5.82 Å². The van der Waals surface area contributed by atoms with Gasteiger partial charge in [-0.2, -0.15) is 5.10 Å². The molecule has 0 radical (unpaired) electrons. The normalized spacial score (nSPS) is 10.7. The van der Waals surface area contributed by atoms with Crippen LogP contribution >= 0.6 is 34.8 Å². The molecule has 0 aromatic heterocycles. The summed E-state index contributed by atoms with van der Waals surface area (Å²) in [4.78, 5) is 23.3. The largest absolute Gasteiger partial charge is 0.482 e. The number of amides is 2. The highest BCUT2D eigenvalue weighted by molar-refractivity contribution is 6.35. The molecule has 2 aromatic rings. The smallest absolute Gasteiger partial charge is 0.259 e. The van der Waals surface area contributed by atoms with Crippen molar-refractivity contribution in [2.24, 2.45) is 5.10 Å². The molecule has 27 heavy (non-hydrogen) atoms. The third kappa shape index (κ3) is 6.71. The Labute approximate surface area is 169 Å². The minimum absolute atomic E-state index is 0.0387. The van der Waals surface area contributed by atoms with Gasteiger partial charge < -0.3 is 10.1 Å². The van der Waals surface area contributed by atoms with E-state index in [4.69, 9.17) is 39.5 Å². The molecule has 0 heterocycles. The topological polar surface area (TPSA) is 79.8 Å². The molecule has 0 spiro atoms. The van der Waals surface area contributed by atoms with Gasteiger partial charge in [0.15, 0.2) is 6.61 Å². The van der Waals surface area contributed by atoms with E-state index in [1.54, 1.807) is 6.07 Å². The Hall–Kier alpha value is -2.35. The van der Waals surface area contributed by atoms with Crippen molar-refractivity contribution in [3.05, 3.63) is 62.8 Å². The number of halogens is 4. The Morgan fingerprint density at radius 1 is 1.11 bits per heavy atom. The average Bonchev–Trinajstić information content (AvgIpc) is 2.61. The number of carbonyl (C=O) groups excluding carboxylic acids is 2. The molecule has 0 aliphatic carbocycles. The second kappa shape index (κ2) is 10.1. The van der Waals surface area contributed by atoms with Crippen LogP contribution in [0.5, 0.6) is 5.75 Å². The van der Waals surface area contributed by atoms with Gasteiger partial charge >= 0.3 is 0 Å². The van der Waals surface area contributed by atoms with Crippen molar-refractivity contribution in [1.29, 1.82) is 0 Å². The zero-order valence-corrected chi connectivity index (χ0v) is 15.9. The summed E-state index contributed by atoms with van der Waals surface area (Å²) in [6.07, 6.45) is 1.07. The van der Waals surface area contributed by atoms with Gasteiger partial charge in [-0.05, 0) is 30.3 Å². The number of hydrogen-bond acceptors (Lipinski definition) is 4. The van der Waals surface area contributed by atoms with Crippen molar-refractivity contribution < 1.29 is 18.7 Å². The van der Waals surface area contributed by atoms with E-state index in [1.807, 2.05) is 0 Å². The monoisotopic (exact) mass is 431 g/mol. The van der Waals surface area contributed by atoms with Crippen LogP contribution in [0.1, 0.15) is 5.56 Å². The summed E-state index contributed by atoms with van der Waals surface area (Å²) in [5, 5.41) is 6.78. The first-order valence-electron chi connectivity index (χ1n) is 7.47. The summed E-state index contributed by atoms with van der Waals surface area (Å²) in [6.45, 7) is -0.693. The molecule has 0 aliphatic heterocycles. The van der Waals surface area contributed by atoms with Crippen LogP contribution < -0.4 is 15.5 Å². The molecule has 142 valence electrons. The first-order chi connectivity index (χ1) is 12.9. The van der Waals surface area contributed by atoms with Crippen molar-refractivity contribution in [1.82, 2.24) is 10.7 Å². The van der Waals surface area contributed by atoms with E-state index in [0.717, 1.165) is 6.21 Å². The van der Waals surface area contributed by atoms with Crippen LogP contribution in [0.4, 0.5) is 4.39 Å². The van der Waals surface area contributed by atoms with Crippen LogP contribution in [0.15, 0.2) is 41.5 Å². The maximum absolute atomic E-state index is 13.5. The van der Waals surface area contributed by atoms with Gasteiger partial charge in [-0.1, -0.05) is 40.9 Å². The van der Waals surface area contributed by atoms with Crippen molar-refractivity contribution in [3.8, 4) is 5.75 Å². The fourth-order valence-corrected chi connectivity index (χ4v) is 2.48. The van der Waals surface area contributed by atoms with E-state index in [0.29, 0.717) is 5.02 Å². The van der Waals surface area contributed by atoms with Gasteiger partial charge in [0.25, 0.3) is 11.8 Å². The van der Waals surface area contributed by atoms with Crippen LogP contribution in [-0.4, -0.2) is 31.2 Å². The standard InChI is InChI=1S/C17H13Cl3FN3O3/c18-10-4-5-15(13(20)6-10)27-9-17(26)22-8-16(25)24-23-7-11-12(19)2-1-3-14(11)21/h1-7H,8-9H2,(H,22,26)(H,24,25)/b23-7+. The molecule has 0 bridgehead atoms. The minimum Gasteiger partial charge on any atom is -0.482 e. The summed E-state index contributed by atoms with van der Waals surface area (Å²) >= 11 is 17.5. The number of rotatable bonds is 7. The van der Waals surface area contributed by atoms with Crippen molar-refractivity contribution in [2.75, 3.05) is 13.2 Å². The Bertz CT molecular complexity index is 857. The van der Waals surface area contributed by atoms with Gasteiger partial charge in [0, 0.05) is 10.6 Å². The Morgan fingerprint density at radius 3 is 2.59 bits per heavy atom. The van der Waals surface area contributed by atoms with Crippen molar-refractivity contribution in [2.45, 2.75) is 0 Å². The molecule has 6 nitrogen and oxygen atoms in total. The van der Waals surface area contributed by atoms with Gasteiger partial charge in [-0.25, -0.2) is 9.82 Å². The first-order valence-corrected chi connectivity index (χ1v) is 8.60. The summed E-state index contributed by atoms with van der Waals surface area (Å²) in [5.41, 5.74) is 2.18. The molecule has 2 rings (SSSR count). The number of nitrogens with zero attached hydrogens (tertiary/aromatic N) is 1. The number of ether oxygens (including phenoxy) is 1. The predicted octanol–water partition coefficient (Wildman–Crippen LogP) is 3.43. The Balaban J connectivity index is 1.75. The Kier molecular flexibility index (Phi) is 7.84. The molecule has 2 N–H and O–H groups in total. The number of hydrazone groups is 1. The number of nitrogens with one attached hydrogen (secondary N) is 2. The van der Waals surface area contributed by atoms with E-state index in [9.17, 15) is 14.0 Å². The summed E-state index contributed by atoms with van der Waals surface area (Å²) in [6, 6.07) is 8.70. The summed E-state index contributed by atoms with van der Waals surface area (Å²) in [5.74, 6) is -1.45. The Morgan fingerprint density at radius 2 is 1.89 bits per heavy atom. The fraction of sp³-hybridized carbons (Fsp3) is 0.118. The molecule has 0 fully saturated rings. The number of hydrogen-bond donors (Lipinski definition) is 2. The molecular weight excluding hydrogens is 420 g/mol. The molecule has 2 amide bonds.